The highest BCUT2D eigenvalue weighted by Gasteiger charge is 2.30. The lowest BCUT2D eigenvalue weighted by Crippen LogP contribution is -2.46. The molecule has 1 aromatic heterocycles. The third-order valence-corrected chi connectivity index (χ3v) is 4.99. The van der Waals surface area contributed by atoms with Crippen molar-refractivity contribution in [3.63, 3.8) is 0 Å². The lowest BCUT2D eigenvalue weighted by Gasteiger charge is -2.27. The molecule has 12 heteroatoms. The van der Waals surface area contributed by atoms with E-state index < -0.39 is 28.9 Å². The molecule has 0 bridgehead atoms. The number of benzene rings is 1. The number of alkyl halides is 3. The van der Waals surface area contributed by atoms with Gasteiger partial charge in [0.15, 0.2) is 5.69 Å². The van der Waals surface area contributed by atoms with Gasteiger partial charge in [-0.05, 0) is 30.7 Å². The Kier molecular flexibility index (Phi) is 9.05. The summed E-state index contributed by atoms with van der Waals surface area (Å²) >= 11 is 0. The average molecular weight is 486 g/mol. The molecule has 0 aliphatic heterocycles. The van der Waals surface area contributed by atoms with E-state index in [2.05, 4.69) is 4.98 Å². The van der Waals surface area contributed by atoms with Gasteiger partial charge in [-0.3, -0.25) is 24.0 Å². The third kappa shape index (κ3) is 6.94. The number of amides is 1. The summed E-state index contributed by atoms with van der Waals surface area (Å²) in [5.74, 6) is -0.563. The van der Waals surface area contributed by atoms with Gasteiger partial charge >= 0.3 is 11.9 Å². The zero-order valence-corrected chi connectivity index (χ0v) is 19.6. The zero-order valence-electron chi connectivity index (χ0n) is 19.6. The van der Waals surface area contributed by atoms with Crippen molar-refractivity contribution in [2.75, 3.05) is 44.5 Å². The van der Waals surface area contributed by atoms with Crippen LogP contribution in [0.5, 0.6) is 0 Å². The van der Waals surface area contributed by atoms with Crippen molar-refractivity contribution in [2.24, 2.45) is 5.92 Å². The maximum atomic E-state index is 13.1. The second-order valence-electron chi connectivity index (χ2n) is 8.40. The molecule has 188 valence electrons. The Hall–Kier alpha value is -3.12. The number of halogens is 3. The minimum absolute atomic E-state index is 0.0105. The first-order valence-corrected chi connectivity index (χ1v) is 10.6. The maximum Gasteiger partial charge on any atom is 0.416 e. The molecule has 0 radical (unpaired) electrons. The minimum atomic E-state index is -4.43. The second kappa shape index (κ2) is 11.3. The lowest BCUT2D eigenvalue weighted by atomic mass is 10.1. The molecular formula is C22H30F3N5O4. The summed E-state index contributed by atoms with van der Waals surface area (Å²) in [6.07, 6.45) is -4.43. The van der Waals surface area contributed by atoms with Crippen molar-refractivity contribution in [1.29, 1.82) is 0 Å². The summed E-state index contributed by atoms with van der Waals surface area (Å²) in [5, 5.41) is 0. The fourth-order valence-electron chi connectivity index (χ4n) is 3.41. The van der Waals surface area contributed by atoms with Crippen LogP contribution in [0.1, 0.15) is 25.0 Å². The molecule has 0 fully saturated rings. The first-order valence-electron chi connectivity index (χ1n) is 10.6. The molecule has 0 aliphatic carbocycles. The molecule has 0 aliphatic rings. The molecule has 0 saturated heterocycles. The van der Waals surface area contributed by atoms with Crippen LogP contribution in [-0.2, 0) is 28.8 Å². The van der Waals surface area contributed by atoms with Crippen molar-refractivity contribution in [3.8, 4) is 0 Å². The number of nitrogens with one attached hydrogen (secondary N) is 1. The highest BCUT2D eigenvalue weighted by molar-refractivity contribution is 5.96. The number of hydrogen-bond acceptors (Lipinski definition) is 6. The van der Waals surface area contributed by atoms with E-state index >= 15 is 0 Å². The number of aromatic amines is 1. The van der Waals surface area contributed by atoms with Crippen LogP contribution in [0.3, 0.4) is 0 Å². The van der Waals surface area contributed by atoms with Crippen molar-refractivity contribution in [3.05, 3.63) is 56.2 Å². The summed E-state index contributed by atoms with van der Waals surface area (Å²) in [6, 6.07) is 4.65. The highest BCUT2D eigenvalue weighted by Crippen LogP contribution is 2.29. The molecule has 2 rings (SSSR count). The molecule has 2 aromatic rings. The fraction of sp³-hybridized carbons (Fsp3) is 0.500. The predicted octanol–water partition coefficient (Wildman–Crippen LogP) is 1.90. The van der Waals surface area contributed by atoms with E-state index in [-0.39, 0.29) is 50.2 Å². The summed E-state index contributed by atoms with van der Waals surface area (Å²) in [6.45, 7) is 4.15. The monoisotopic (exact) mass is 485 g/mol. The smallest absolute Gasteiger partial charge is 0.383 e. The maximum absolute atomic E-state index is 13.1. The SMILES string of the molecule is COCCN(C(=O)CN(C)Cc1ccc(C(F)(F)F)cc1)c1c(N)n(CC(C)C)c(=O)[nH]c1=O. The van der Waals surface area contributed by atoms with Gasteiger partial charge in [-0.25, -0.2) is 4.79 Å². The van der Waals surface area contributed by atoms with Crippen LogP contribution in [0, 0.1) is 5.92 Å². The Balaban J connectivity index is 2.28. The third-order valence-electron chi connectivity index (χ3n) is 4.99. The van der Waals surface area contributed by atoms with Gasteiger partial charge in [0.2, 0.25) is 5.91 Å². The number of carbonyl (C=O) groups excluding carboxylic acids is 1. The lowest BCUT2D eigenvalue weighted by molar-refractivity contribution is -0.137. The molecule has 0 atom stereocenters. The van der Waals surface area contributed by atoms with E-state index in [9.17, 15) is 27.6 Å². The largest absolute Gasteiger partial charge is 0.416 e. The van der Waals surface area contributed by atoms with E-state index in [1.165, 1.54) is 23.8 Å². The number of ether oxygens (including phenoxy) is 1. The van der Waals surface area contributed by atoms with Crippen LogP contribution < -0.4 is 21.9 Å². The van der Waals surface area contributed by atoms with Crippen LogP contribution in [0.2, 0.25) is 0 Å². The number of carbonyl (C=O) groups is 1. The van der Waals surface area contributed by atoms with Crippen molar-refractivity contribution >= 4 is 17.4 Å². The van der Waals surface area contributed by atoms with E-state index in [1.807, 2.05) is 13.8 Å². The quantitative estimate of drug-likeness (QED) is 0.532. The van der Waals surface area contributed by atoms with Crippen molar-refractivity contribution in [1.82, 2.24) is 14.5 Å². The predicted molar refractivity (Wildman–Crippen MR) is 123 cm³/mol. The van der Waals surface area contributed by atoms with Crippen LogP contribution in [-0.4, -0.2) is 54.2 Å². The Bertz CT molecular complexity index is 1090. The van der Waals surface area contributed by atoms with E-state index in [0.29, 0.717) is 5.56 Å². The molecule has 0 spiro atoms. The van der Waals surface area contributed by atoms with Gasteiger partial charge in [0.1, 0.15) is 5.82 Å². The average Bonchev–Trinajstić information content (AvgIpc) is 2.72. The number of methoxy groups -OCH3 is 1. The molecule has 1 aromatic carbocycles. The summed E-state index contributed by atoms with van der Waals surface area (Å²) in [7, 11) is 3.06. The van der Waals surface area contributed by atoms with Crippen molar-refractivity contribution < 1.29 is 22.7 Å². The first kappa shape index (κ1) is 27.1. The molecule has 9 nitrogen and oxygen atoms in total. The molecule has 0 unspecified atom stereocenters. The number of anilines is 2. The standard InChI is InChI=1S/C22H30F3N5O4/c1-14(2)11-30-19(26)18(20(32)27-21(30)33)29(9-10-34-4)17(31)13-28(3)12-15-5-7-16(8-6-15)22(23,24)25/h5-8,14H,9-13,26H2,1-4H3,(H,27,32,33). The normalized spacial score (nSPS) is 11.9. The number of nitrogens with zero attached hydrogens (tertiary/aromatic N) is 3. The molecule has 1 amide bonds. The summed E-state index contributed by atoms with van der Waals surface area (Å²) in [4.78, 5) is 43.0. The molecule has 34 heavy (non-hydrogen) atoms. The Labute approximate surface area is 194 Å². The minimum Gasteiger partial charge on any atom is -0.383 e. The number of rotatable bonds is 10. The molecular weight excluding hydrogens is 455 g/mol. The van der Waals surface area contributed by atoms with Crippen LogP contribution >= 0.6 is 0 Å². The molecule has 0 saturated carbocycles. The van der Waals surface area contributed by atoms with Gasteiger partial charge < -0.3 is 15.4 Å². The Morgan fingerprint density at radius 3 is 2.35 bits per heavy atom. The number of likely N-dealkylation sites (N-methyl/N-ethyl adjacent to an activating group) is 1. The number of nitrogens with two attached hydrogens (primary N) is 1. The van der Waals surface area contributed by atoms with Gasteiger partial charge in [0, 0.05) is 26.7 Å². The number of nitrogen functional groups attached to an aromatic ring is 1. The van der Waals surface area contributed by atoms with E-state index in [4.69, 9.17) is 10.5 Å². The summed E-state index contributed by atoms with van der Waals surface area (Å²) < 4.78 is 44.6. The van der Waals surface area contributed by atoms with Crippen LogP contribution in [0.15, 0.2) is 33.9 Å². The summed E-state index contributed by atoms with van der Waals surface area (Å²) in [5.41, 5.74) is 4.36. The number of hydrogen-bond donors (Lipinski definition) is 2. The van der Waals surface area contributed by atoms with Crippen LogP contribution in [0.4, 0.5) is 24.7 Å². The second-order valence-corrected chi connectivity index (χ2v) is 8.40. The fourth-order valence-corrected chi connectivity index (χ4v) is 3.41. The molecule has 1 heterocycles. The number of aromatic nitrogens is 2. The topological polar surface area (TPSA) is 114 Å². The number of H-pyrrole nitrogens is 1. The van der Waals surface area contributed by atoms with Gasteiger partial charge in [-0.15, -0.1) is 0 Å². The Morgan fingerprint density at radius 1 is 1.21 bits per heavy atom. The Morgan fingerprint density at radius 2 is 1.82 bits per heavy atom. The van der Waals surface area contributed by atoms with Gasteiger partial charge in [0.25, 0.3) is 5.56 Å². The van der Waals surface area contributed by atoms with Crippen LogP contribution in [0.25, 0.3) is 0 Å². The van der Waals surface area contributed by atoms with E-state index in [0.717, 1.165) is 17.0 Å². The zero-order chi connectivity index (χ0) is 25.6. The van der Waals surface area contributed by atoms with Gasteiger partial charge in [-0.1, -0.05) is 26.0 Å². The highest BCUT2D eigenvalue weighted by atomic mass is 19.4. The van der Waals surface area contributed by atoms with Gasteiger partial charge in [0.05, 0.1) is 18.7 Å². The van der Waals surface area contributed by atoms with E-state index in [1.54, 1.807) is 11.9 Å². The molecule has 3 N–H and O–H groups in total. The first-order chi connectivity index (χ1) is 15.8. The van der Waals surface area contributed by atoms with Crippen molar-refractivity contribution in [2.45, 2.75) is 33.1 Å². The van der Waals surface area contributed by atoms with Gasteiger partial charge in [-0.2, -0.15) is 13.2 Å².